The Morgan fingerprint density at radius 2 is 1.93 bits per heavy atom. The summed E-state index contributed by atoms with van der Waals surface area (Å²) in [6, 6.07) is 2.09. The molecule has 0 bridgehead atoms. The number of phenols is 1. The molecule has 0 radical (unpaired) electrons. The molecule has 0 atom stereocenters. The smallest absolute Gasteiger partial charge is 0.311 e. The van der Waals surface area contributed by atoms with Crippen LogP contribution >= 0.6 is 0 Å². The van der Waals surface area contributed by atoms with E-state index in [-0.39, 0.29) is 0 Å². The molecule has 76 valence electrons. The van der Waals surface area contributed by atoms with Crippen molar-refractivity contribution in [2.75, 3.05) is 0 Å². The van der Waals surface area contributed by atoms with E-state index in [1.807, 2.05) is 0 Å². The summed E-state index contributed by atoms with van der Waals surface area (Å²) in [7, 11) is -4.74. The van der Waals surface area contributed by atoms with Crippen molar-refractivity contribution in [2.24, 2.45) is 0 Å². The van der Waals surface area contributed by atoms with Crippen molar-refractivity contribution in [3.63, 3.8) is 0 Å². The first-order valence-electron chi connectivity index (χ1n) is 3.25. The quantitative estimate of drug-likeness (QED) is 0.430. The van der Waals surface area contributed by atoms with Gasteiger partial charge in [-0.15, -0.1) is 0 Å². The Morgan fingerprint density at radius 3 is 2.36 bits per heavy atom. The molecule has 0 unspecified atom stereocenters. The number of aromatic hydroxyl groups is 1. The predicted molar refractivity (Wildman–Crippen MR) is 42.7 cm³/mol. The van der Waals surface area contributed by atoms with Crippen LogP contribution in [0.15, 0.2) is 23.1 Å². The number of rotatable bonds is 2. The molecular weight excluding hydrogens is 214 g/mol. The summed E-state index contributed by atoms with van der Waals surface area (Å²) in [4.78, 5) is 8.52. The zero-order chi connectivity index (χ0) is 10.9. The third-order valence-electron chi connectivity index (χ3n) is 1.43. The molecule has 14 heavy (non-hydrogen) atoms. The average Bonchev–Trinajstić information content (AvgIpc) is 2.02. The van der Waals surface area contributed by atoms with E-state index in [2.05, 4.69) is 0 Å². The maximum Gasteiger partial charge on any atom is 0.311 e. The summed E-state index contributed by atoms with van der Waals surface area (Å²) in [5.41, 5.74) is -0.818. The number of nitrogens with zero attached hydrogens (tertiary/aromatic N) is 1. The number of benzene rings is 1. The Bertz CT molecular complexity index is 479. The fraction of sp³-hybridized carbons (Fsp3) is 0. The van der Waals surface area contributed by atoms with Gasteiger partial charge in [0.15, 0.2) is 5.75 Å². The zero-order valence-electron chi connectivity index (χ0n) is 6.58. The van der Waals surface area contributed by atoms with E-state index < -0.39 is 31.4 Å². The topological polar surface area (TPSA) is 121 Å². The number of hydrogen-bond acceptors (Lipinski definition) is 6. The highest BCUT2D eigenvalue weighted by atomic mass is 32.2. The van der Waals surface area contributed by atoms with Crippen molar-refractivity contribution in [3.05, 3.63) is 28.3 Å². The molecule has 1 rings (SSSR count). The van der Waals surface area contributed by atoms with Gasteiger partial charge < -0.3 is 9.66 Å². The molecule has 1 aromatic carbocycles. The summed E-state index contributed by atoms with van der Waals surface area (Å²) in [5.74, 6) is -0.692. The average molecular weight is 218 g/mol. The van der Waals surface area contributed by atoms with Crippen molar-refractivity contribution in [3.8, 4) is 5.75 Å². The van der Waals surface area contributed by atoms with E-state index >= 15 is 0 Å². The van der Waals surface area contributed by atoms with Crippen LogP contribution in [0, 0.1) is 10.1 Å². The van der Waals surface area contributed by atoms with Gasteiger partial charge in [-0.25, -0.2) is 8.42 Å². The van der Waals surface area contributed by atoms with E-state index in [1.165, 1.54) is 0 Å². The summed E-state index contributed by atoms with van der Waals surface area (Å²) in [5, 5.41) is 19.2. The van der Waals surface area contributed by atoms with Crippen LogP contribution in [0.4, 0.5) is 5.69 Å². The summed E-state index contributed by atoms with van der Waals surface area (Å²) < 4.78 is 31.4. The van der Waals surface area contributed by atoms with Gasteiger partial charge in [-0.1, -0.05) is 0 Å². The Kier molecular flexibility index (Phi) is 2.41. The van der Waals surface area contributed by atoms with Crippen LogP contribution < -0.4 is 0 Å². The molecule has 0 saturated heterocycles. The molecule has 0 heterocycles. The number of phenolic OH excluding ortho intramolecular Hbond substituents is 1. The fourth-order valence-electron chi connectivity index (χ4n) is 0.805. The van der Waals surface area contributed by atoms with Crippen molar-refractivity contribution >= 4 is 15.8 Å². The van der Waals surface area contributed by atoms with Gasteiger partial charge in [-0.3, -0.25) is 10.1 Å². The van der Waals surface area contributed by atoms with E-state index in [0.29, 0.717) is 6.07 Å². The summed E-state index contributed by atoms with van der Waals surface area (Å²) in [6.07, 6.45) is 0. The lowest BCUT2D eigenvalue weighted by atomic mass is 10.3. The molecule has 0 aliphatic carbocycles. The molecule has 0 spiro atoms. The minimum atomic E-state index is -4.74. The van der Waals surface area contributed by atoms with E-state index in [0.717, 1.165) is 12.1 Å². The third-order valence-corrected chi connectivity index (χ3v) is 2.26. The molecule has 0 amide bonds. The van der Waals surface area contributed by atoms with Gasteiger partial charge in [0.2, 0.25) is 0 Å². The number of nitro groups is 1. The van der Waals surface area contributed by atoms with Crippen LogP contribution in [0.2, 0.25) is 0 Å². The Balaban J connectivity index is 3.42. The highest BCUT2D eigenvalue weighted by molar-refractivity contribution is 7.85. The largest absolute Gasteiger partial charge is 0.744 e. The Labute approximate surface area is 78.5 Å². The summed E-state index contributed by atoms with van der Waals surface area (Å²) in [6.45, 7) is 0. The van der Waals surface area contributed by atoms with Crippen molar-refractivity contribution < 1.29 is 23.0 Å². The third kappa shape index (κ3) is 1.98. The molecule has 1 N–H and O–H groups in total. The van der Waals surface area contributed by atoms with Crippen molar-refractivity contribution in [2.45, 2.75) is 4.90 Å². The second-order valence-corrected chi connectivity index (χ2v) is 3.74. The molecular formula is C6H4NO6S-. The first-order chi connectivity index (χ1) is 6.32. The molecule has 0 aliphatic heterocycles. The molecule has 1 aromatic rings. The lowest BCUT2D eigenvalue weighted by molar-refractivity contribution is -0.386. The van der Waals surface area contributed by atoms with Gasteiger partial charge in [-0.05, 0) is 12.1 Å². The minimum Gasteiger partial charge on any atom is -0.744 e. The highest BCUT2D eigenvalue weighted by Gasteiger charge is 2.15. The monoisotopic (exact) mass is 218 g/mol. The lowest BCUT2D eigenvalue weighted by Gasteiger charge is -2.06. The van der Waals surface area contributed by atoms with E-state index in [9.17, 15) is 23.1 Å². The number of hydrogen-bond donors (Lipinski definition) is 1. The standard InChI is InChI=1S/C6H5NO6S/c8-6-2-1-4(14(11,12)13)3-5(6)7(9)10/h1-3,8H,(H,11,12,13)/p-1. The zero-order valence-corrected chi connectivity index (χ0v) is 7.39. The van der Waals surface area contributed by atoms with Gasteiger partial charge in [0, 0.05) is 6.07 Å². The van der Waals surface area contributed by atoms with Crippen LogP contribution in [-0.4, -0.2) is 23.0 Å². The first-order valence-corrected chi connectivity index (χ1v) is 4.66. The van der Waals surface area contributed by atoms with Crippen LogP contribution in [0.25, 0.3) is 0 Å². The van der Waals surface area contributed by atoms with Gasteiger partial charge in [-0.2, -0.15) is 0 Å². The van der Waals surface area contributed by atoms with Crippen LogP contribution in [0.3, 0.4) is 0 Å². The van der Waals surface area contributed by atoms with Crippen molar-refractivity contribution in [1.29, 1.82) is 0 Å². The SMILES string of the molecule is O=[N+]([O-])c1cc(S(=O)(=O)[O-])ccc1O. The summed E-state index contributed by atoms with van der Waals surface area (Å²) >= 11 is 0. The fourth-order valence-corrected chi connectivity index (χ4v) is 1.30. The van der Waals surface area contributed by atoms with Gasteiger partial charge in [0.05, 0.1) is 9.82 Å². The maximum atomic E-state index is 10.5. The molecule has 8 heteroatoms. The van der Waals surface area contributed by atoms with E-state index in [1.54, 1.807) is 0 Å². The van der Waals surface area contributed by atoms with E-state index in [4.69, 9.17) is 5.11 Å². The van der Waals surface area contributed by atoms with Crippen LogP contribution in [0.5, 0.6) is 5.75 Å². The molecule has 0 saturated carbocycles. The second-order valence-electron chi connectivity index (χ2n) is 2.36. The lowest BCUT2D eigenvalue weighted by Crippen LogP contribution is -1.99. The molecule has 0 aliphatic rings. The number of nitro benzene ring substituents is 1. The molecule has 7 nitrogen and oxygen atoms in total. The molecule has 0 aromatic heterocycles. The van der Waals surface area contributed by atoms with Gasteiger partial charge in [0.25, 0.3) is 0 Å². The minimum absolute atomic E-state index is 0.512. The second kappa shape index (κ2) is 3.24. The highest BCUT2D eigenvalue weighted by Crippen LogP contribution is 2.27. The first kappa shape index (κ1) is 10.4. The Morgan fingerprint density at radius 1 is 1.36 bits per heavy atom. The molecule has 0 fully saturated rings. The van der Waals surface area contributed by atoms with Gasteiger partial charge >= 0.3 is 5.69 Å². The Hall–Kier alpha value is -1.67. The van der Waals surface area contributed by atoms with Crippen molar-refractivity contribution in [1.82, 2.24) is 0 Å². The normalized spacial score (nSPS) is 11.2. The van der Waals surface area contributed by atoms with Crippen LogP contribution in [0.1, 0.15) is 0 Å². The maximum absolute atomic E-state index is 10.5. The van der Waals surface area contributed by atoms with Gasteiger partial charge in [0.1, 0.15) is 10.1 Å². The van der Waals surface area contributed by atoms with Crippen LogP contribution in [-0.2, 0) is 10.1 Å². The predicted octanol–water partition coefficient (Wildman–Crippen LogP) is 0.205.